The third kappa shape index (κ3) is 2.83. The van der Waals surface area contributed by atoms with Gasteiger partial charge in [0.2, 0.25) is 11.6 Å². The number of benzene rings is 2. The van der Waals surface area contributed by atoms with Crippen LogP contribution in [0.3, 0.4) is 0 Å². The number of hydrogen-bond acceptors (Lipinski definition) is 1. The molecule has 0 atom stereocenters. The molecule has 2 heterocycles. The van der Waals surface area contributed by atoms with E-state index in [9.17, 15) is 0 Å². The SMILES string of the molecule is Cc1cc(C)c(-n2cc[n+](Cn3c(Cl)nc4ccccc43)c2)c(C)c1. The van der Waals surface area contributed by atoms with E-state index in [-0.39, 0.29) is 0 Å². The third-order valence-corrected chi connectivity index (χ3v) is 4.79. The number of para-hydroxylation sites is 2. The van der Waals surface area contributed by atoms with Gasteiger partial charge < -0.3 is 0 Å². The van der Waals surface area contributed by atoms with Crippen LogP contribution in [0.2, 0.25) is 5.28 Å². The Balaban J connectivity index is 1.72. The normalized spacial score (nSPS) is 11.4. The summed E-state index contributed by atoms with van der Waals surface area (Å²) in [5.74, 6) is 0. The summed E-state index contributed by atoms with van der Waals surface area (Å²) in [7, 11) is 0. The van der Waals surface area contributed by atoms with Crippen molar-refractivity contribution in [1.82, 2.24) is 14.1 Å². The molecule has 2 aromatic heterocycles. The van der Waals surface area contributed by atoms with Crippen molar-refractivity contribution in [3.63, 3.8) is 0 Å². The molecule has 0 amide bonds. The second-order valence-corrected chi connectivity index (χ2v) is 6.86. The second-order valence-electron chi connectivity index (χ2n) is 6.52. The topological polar surface area (TPSA) is 26.6 Å². The molecular weight excluding hydrogens is 332 g/mol. The van der Waals surface area contributed by atoms with Crippen LogP contribution in [0.4, 0.5) is 0 Å². The predicted molar refractivity (Wildman–Crippen MR) is 100 cm³/mol. The number of rotatable bonds is 3. The molecule has 126 valence electrons. The van der Waals surface area contributed by atoms with Crippen LogP contribution in [-0.4, -0.2) is 14.1 Å². The molecule has 25 heavy (non-hydrogen) atoms. The Morgan fingerprint density at radius 2 is 1.80 bits per heavy atom. The van der Waals surface area contributed by atoms with Crippen LogP contribution in [0.15, 0.2) is 55.1 Å². The Labute approximate surface area is 151 Å². The van der Waals surface area contributed by atoms with Crippen LogP contribution in [-0.2, 0) is 6.67 Å². The van der Waals surface area contributed by atoms with Crippen molar-refractivity contribution in [2.75, 3.05) is 0 Å². The highest BCUT2D eigenvalue weighted by Crippen LogP contribution is 2.21. The minimum atomic E-state index is 0.504. The summed E-state index contributed by atoms with van der Waals surface area (Å²) < 4.78 is 6.28. The summed E-state index contributed by atoms with van der Waals surface area (Å²) in [6, 6.07) is 12.4. The average Bonchev–Trinajstić information content (AvgIpc) is 3.12. The fraction of sp³-hybridized carbons (Fsp3) is 0.200. The number of aryl methyl sites for hydroxylation is 3. The molecule has 4 aromatic rings. The van der Waals surface area contributed by atoms with E-state index in [0.717, 1.165) is 11.0 Å². The highest BCUT2D eigenvalue weighted by Gasteiger charge is 2.15. The maximum absolute atomic E-state index is 6.34. The van der Waals surface area contributed by atoms with Gasteiger partial charge in [0, 0.05) is 0 Å². The maximum atomic E-state index is 6.34. The molecule has 0 N–H and O–H groups in total. The van der Waals surface area contributed by atoms with Crippen molar-refractivity contribution in [1.29, 1.82) is 0 Å². The number of nitrogens with zero attached hydrogens (tertiary/aromatic N) is 4. The van der Waals surface area contributed by atoms with Gasteiger partial charge >= 0.3 is 0 Å². The van der Waals surface area contributed by atoms with E-state index in [1.54, 1.807) is 0 Å². The zero-order valence-corrected chi connectivity index (χ0v) is 15.3. The van der Waals surface area contributed by atoms with Crippen LogP contribution in [0, 0.1) is 20.8 Å². The first-order valence-electron chi connectivity index (χ1n) is 8.29. The monoisotopic (exact) mass is 351 g/mol. The number of aromatic nitrogens is 4. The first kappa shape index (κ1) is 15.9. The lowest BCUT2D eigenvalue weighted by Gasteiger charge is -2.07. The second kappa shape index (κ2) is 6.05. The van der Waals surface area contributed by atoms with E-state index in [1.165, 1.54) is 22.4 Å². The Morgan fingerprint density at radius 1 is 1.08 bits per heavy atom. The molecule has 0 bridgehead atoms. The summed E-state index contributed by atoms with van der Waals surface area (Å²) >= 11 is 6.34. The third-order valence-electron chi connectivity index (χ3n) is 4.50. The van der Waals surface area contributed by atoms with E-state index in [2.05, 4.69) is 65.7 Å². The first-order valence-corrected chi connectivity index (χ1v) is 8.67. The number of imidazole rings is 2. The van der Waals surface area contributed by atoms with E-state index in [4.69, 9.17) is 11.6 Å². The average molecular weight is 352 g/mol. The van der Waals surface area contributed by atoms with Crippen molar-refractivity contribution >= 4 is 22.6 Å². The van der Waals surface area contributed by atoms with Gasteiger partial charge in [0.25, 0.3) is 0 Å². The summed E-state index contributed by atoms with van der Waals surface area (Å²) in [6.07, 6.45) is 6.23. The summed E-state index contributed by atoms with van der Waals surface area (Å²) in [5.41, 5.74) is 7.01. The van der Waals surface area contributed by atoms with Crippen LogP contribution in [0.25, 0.3) is 16.7 Å². The van der Waals surface area contributed by atoms with E-state index >= 15 is 0 Å². The van der Waals surface area contributed by atoms with Gasteiger partial charge in [-0.2, -0.15) is 0 Å². The summed E-state index contributed by atoms with van der Waals surface area (Å²) in [4.78, 5) is 4.42. The van der Waals surface area contributed by atoms with E-state index in [1.807, 2.05) is 28.8 Å². The van der Waals surface area contributed by atoms with Crippen LogP contribution in [0.5, 0.6) is 0 Å². The number of fused-ring (bicyclic) bond motifs is 1. The molecule has 5 heteroatoms. The molecule has 4 rings (SSSR count). The van der Waals surface area contributed by atoms with Crippen molar-refractivity contribution < 1.29 is 4.57 Å². The Kier molecular flexibility index (Phi) is 3.85. The van der Waals surface area contributed by atoms with Crippen LogP contribution < -0.4 is 4.57 Å². The molecule has 0 saturated heterocycles. The van der Waals surface area contributed by atoms with Gasteiger partial charge in [0.15, 0.2) is 6.67 Å². The van der Waals surface area contributed by atoms with E-state index < -0.39 is 0 Å². The van der Waals surface area contributed by atoms with Crippen molar-refractivity contribution in [2.24, 2.45) is 0 Å². The fourth-order valence-corrected chi connectivity index (χ4v) is 3.77. The predicted octanol–water partition coefficient (Wildman–Crippen LogP) is 4.20. The summed E-state index contributed by atoms with van der Waals surface area (Å²) in [6.45, 7) is 7.06. The maximum Gasteiger partial charge on any atom is 0.250 e. The van der Waals surface area contributed by atoms with Gasteiger partial charge in [-0.3, -0.25) is 4.57 Å². The molecule has 4 nitrogen and oxygen atoms in total. The lowest BCUT2D eigenvalue weighted by atomic mass is 10.1. The fourth-order valence-electron chi connectivity index (χ4n) is 3.53. The zero-order valence-electron chi connectivity index (χ0n) is 14.6. The highest BCUT2D eigenvalue weighted by atomic mass is 35.5. The van der Waals surface area contributed by atoms with Gasteiger partial charge in [-0.05, 0) is 55.6 Å². The minimum Gasteiger partial charge on any atom is -0.277 e. The quantitative estimate of drug-likeness (QED) is 0.508. The van der Waals surface area contributed by atoms with Gasteiger partial charge in [-0.1, -0.05) is 29.8 Å². The Hall–Kier alpha value is -2.59. The van der Waals surface area contributed by atoms with Crippen LogP contribution >= 0.6 is 11.6 Å². The highest BCUT2D eigenvalue weighted by molar-refractivity contribution is 6.29. The van der Waals surface area contributed by atoms with E-state index in [0.29, 0.717) is 12.0 Å². The molecular formula is C20H20ClN4+. The van der Waals surface area contributed by atoms with Gasteiger partial charge in [0.1, 0.15) is 18.1 Å². The van der Waals surface area contributed by atoms with Crippen molar-refractivity contribution in [2.45, 2.75) is 27.4 Å². The molecule has 0 radical (unpaired) electrons. The van der Waals surface area contributed by atoms with Crippen molar-refractivity contribution in [3.05, 3.63) is 77.1 Å². The molecule has 0 aliphatic carbocycles. The van der Waals surface area contributed by atoms with Gasteiger partial charge in [0.05, 0.1) is 11.0 Å². The van der Waals surface area contributed by atoms with Crippen molar-refractivity contribution in [3.8, 4) is 5.69 Å². The first-order chi connectivity index (χ1) is 12.0. The number of halogens is 1. The molecule has 2 aromatic carbocycles. The lowest BCUT2D eigenvalue weighted by Crippen LogP contribution is -2.35. The molecule has 0 aliphatic heterocycles. The largest absolute Gasteiger partial charge is 0.277 e. The molecule has 0 unspecified atom stereocenters. The Morgan fingerprint density at radius 3 is 2.56 bits per heavy atom. The molecule has 0 fully saturated rings. The number of hydrogen-bond donors (Lipinski definition) is 0. The summed E-state index contributed by atoms with van der Waals surface area (Å²) in [5, 5.41) is 0.504. The molecule has 0 spiro atoms. The smallest absolute Gasteiger partial charge is 0.250 e. The Bertz CT molecular complexity index is 1050. The zero-order chi connectivity index (χ0) is 17.6. The molecule has 0 saturated carbocycles. The van der Waals surface area contributed by atoms with Crippen LogP contribution in [0.1, 0.15) is 16.7 Å². The van der Waals surface area contributed by atoms with Gasteiger partial charge in [-0.25, -0.2) is 14.1 Å². The lowest BCUT2D eigenvalue weighted by molar-refractivity contribution is -0.700. The van der Waals surface area contributed by atoms with Gasteiger partial charge in [-0.15, -0.1) is 0 Å². The molecule has 0 aliphatic rings. The standard InChI is InChI=1S/C20H20ClN4/c1-14-10-15(2)19(16(3)11-14)24-9-8-23(12-24)13-25-18-7-5-4-6-17(18)22-20(25)21/h4-12H,13H2,1-3H3/q+1. The minimum absolute atomic E-state index is 0.504.